The van der Waals surface area contributed by atoms with Gasteiger partial charge in [0.15, 0.2) is 11.6 Å². The SMILES string of the molecule is CC[C@](NC(=O)[C@@H]1COCCO1)(C(=O)O)c1ccc(Cl)cc1. The molecule has 0 spiro atoms. The Morgan fingerprint density at radius 3 is 2.55 bits per heavy atom. The second-order valence-electron chi connectivity index (χ2n) is 4.99. The van der Waals surface area contributed by atoms with Gasteiger partial charge in [0.05, 0.1) is 19.8 Å². The summed E-state index contributed by atoms with van der Waals surface area (Å²) >= 11 is 5.84. The van der Waals surface area contributed by atoms with Gasteiger partial charge in [0.25, 0.3) is 5.91 Å². The smallest absolute Gasteiger partial charge is 0.334 e. The van der Waals surface area contributed by atoms with Gasteiger partial charge in [-0.1, -0.05) is 30.7 Å². The molecule has 0 aromatic heterocycles. The lowest BCUT2D eigenvalue weighted by Gasteiger charge is -2.32. The minimum Gasteiger partial charge on any atom is -0.479 e. The normalized spacial score (nSPS) is 20.9. The maximum absolute atomic E-state index is 12.3. The number of hydrogen-bond acceptors (Lipinski definition) is 4. The number of carbonyl (C=O) groups is 2. The van der Waals surface area contributed by atoms with Crippen molar-refractivity contribution < 1.29 is 24.2 Å². The highest BCUT2D eigenvalue weighted by atomic mass is 35.5. The predicted molar refractivity (Wildman–Crippen MR) is 79.8 cm³/mol. The van der Waals surface area contributed by atoms with Crippen LogP contribution in [0.3, 0.4) is 0 Å². The molecule has 7 heteroatoms. The molecule has 1 saturated heterocycles. The van der Waals surface area contributed by atoms with Crippen LogP contribution in [0, 0.1) is 0 Å². The molecule has 1 aliphatic heterocycles. The van der Waals surface area contributed by atoms with Gasteiger partial charge in [0.2, 0.25) is 0 Å². The van der Waals surface area contributed by atoms with Crippen LogP contribution in [0.2, 0.25) is 5.02 Å². The zero-order valence-electron chi connectivity index (χ0n) is 12.2. The highest BCUT2D eigenvalue weighted by molar-refractivity contribution is 6.30. The summed E-state index contributed by atoms with van der Waals surface area (Å²) < 4.78 is 10.5. The molecule has 0 radical (unpaired) electrons. The molecule has 0 bridgehead atoms. The molecule has 1 aliphatic rings. The lowest BCUT2D eigenvalue weighted by molar-refractivity contribution is -0.157. The van der Waals surface area contributed by atoms with E-state index in [1.165, 1.54) is 0 Å². The van der Waals surface area contributed by atoms with E-state index in [2.05, 4.69) is 5.32 Å². The second kappa shape index (κ2) is 7.09. The third-order valence-corrected chi connectivity index (χ3v) is 3.93. The van der Waals surface area contributed by atoms with Crippen LogP contribution in [0.4, 0.5) is 0 Å². The molecule has 0 saturated carbocycles. The number of carboxylic acids is 1. The molecule has 2 atom stereocenters. The van der Waals surface area contributed by atoms with E-state index in [4.69, 9.17) is 21.1 Å². The van der Waals surface area contributed by atoms with Gasteiger partial charge < -0.3 is 19.9 Å². The van der Waals surface area contributed by atoms with E-state index in [0.29, 0.717) is 23.8 Å². The molecule has 0 aliphatic carbocycles. The van der Waals surface area contributed by atoms with E-state index in [9.17, 15) is 14.7 Å². The van der Waals surface area contributed by atoms with E-state index < -0.39 is 23.5 Å². The molecule has 0 unspecified atom stereocenters. The summed E-state index contributed by atoms with van der Waals surface area (Å²) in [6.07, 6.45) is -0.616. The van der Waals surface area contributed by atoms with Crippen molar-refractivity contribution >= 4 is 23.5 Å². The Morgan fingerprint density at radius 2 is 2.05 bits per heavy atom. The van der Waals surface area contributed by atoms with Crippen molar-refractivity contribution in [3.8, 4) is 0 Å². The Bertz CT molecular complexity index is 541. The lowest BCUT2D eigenvalue weighted by Crippen LogP contribution is -2.56. The maximum Gasteiger partial charge on any atom is 0.334 e. The fraction of sp³-hybridized carbons (Fsp3) is 0.467. The summed E-state index contributed by atoms with van der Waals surface area (Å²) in [4.78, 5) is 24.1. The third kappa shape index (κ3) is 3.40. The fourth-order valence-electron chi connectivity index (χ4n) is 2.36. The summed E-state index contributed by atoms with van der Waals surface area (Å²) in [5, 5.41) is 12.8. The van der Waals surface area contributed by atoms with Crippen LogP contribution in [0.25, 0.3) is 0 Å². The molecule has 1 amide bonds. The van der Waals surface area contributed by atoms with Gasteiger partial charge in [0.1, 0.15) is 0 Å². The first-order valence-electron chi connectivity index (χ1n) is 7.00. The minimum atomic E-state index is -1.53. The summed E-state index contributed by atoms with van der Waals surface area (Å²) in [5.41, 5.74) is -1.07. The van der Waals surface area contributed by atoms with Gasteiger partial charge in [-0.2, -0.15) is 0 Å². The number of rotatable bonds is 5. The number of hydrogen-bond donors (Lipinski definition) is 2. The Hall–Kier alpha value is -1.63. The lowest BCUT2D eigenvalue weighted by atomic mass is 9.87. The van der Waals surface area contributed by atoms with Gasteiger partial charge in [0, 0.05) is 5.02 Å². The molecule has 22 heavy (non-hydrogen) atoms. The van der Waals surface area contributed by atoms with Crippen LogP contribution < -0.4 is 5.32 Å². The monoisotopic (exact) mass is 327 g/mol. The molecule has 2 rings (SSSR count). The average Bonchev–Trinajstić information content (AvgIpc) is 2.54. The fourth-order valence-corrected chi connectivity index (χ4v) is 2.48. The van der Waals surface area contributed by atoms with Gasteiger partial charge in [-0.3, -0.25) is 4.79 Å². The zero-order valence-corrected chi connectivity index (χ0v) is 12.9. The van der Waals surface area contributed by atoms with E-state index in [-0.39, 0.29) is 13.0 Å². The topological polar surface area (TPSA) is 84.9 Å². The van der Waals surface area contributed by atoms with Crippen molar-refractivity contribution in [3.05, 3.63) is 34.9 Å². The summed E-state index contributed by atoms with van der Waals surface area (Å²) in [5.74, 6) is -1.64. The number of carbonyl (C=O) groups excluding carboxylic acids is 1. The van der Waals surface area contributed by atoms with Gasteiger partial charge in [-0.15, -0.1) is 0 Å². The molecule has 1 fully saturated rings. The van der Waals surface area contributed by atoms with Gasteiger partial charge in [-0.05, 0) is 24.1 Å². The number of nitrogens with one attached hydrogen (secondary N) is 1. The van der Waals surface area contributed by atoms with Crippen molar-refractivity contribution in [2.24, 2.45) is 0 Å². The molecule has 1 aromatic rings. The van der Waals surface area contributed by atoms with E-state index in [0.717, 1.165) is 0 Å². The van der Waals surface area contributed by atoms with Crippen LogP contribution >= 0.6 is 11.6 Å². The van der Waals surface area contributed by atoms with Gasteiger partial charge >= 0.3 is 5.97 Å². The van der Waals surface area contributed by atoms with Crippen molar-refractivity contribution in [3.63, 3.8) is 0 Å². The quantitative estimate of drug-likeness (QED) is 0.857. The Kier molecular flexibility index (Phi) is 5.39. The largest absolute Gasteiger partial charge is 0.479 e. The number of ether oxygens (including phenoxy) is 2. The Balaban J connectivity index is 2.27. The molecule has 1 aromatic carbocycles. The van der Waals surface area contributed by atoms with Crippen molar-refractivity contribution in [1.82, 2.24) is 5.32 Å². The number of carboxylic acid groups (broad SMARTS) is 1. The van der Waals surface area contributed by atoms with E-state index in [1.54, 1.807) is 31.2 Å². The molecule has 1 heterocycles. The minimum absolute atomic E-state index is 0.117. The molecule has 6 nitrogen and oxygen atoms in total. The first-order valence-corrected chi connectivity index (χ1v) is 7.38. The summed E-state index contributed by atoms with van der Waals surface area (Å²) in [6, 6.07) is 6.38. The van der Waals surface area contributed by atoms with Gasteiger partial charge in [-0.25, -0.2) is 4.79 Å². The van der Waals surface area contributed by atoms with Crippen molar-refractivity contribution in [2.75, 3.05) is 19.8 Å². The predicted octanol–water partition coefficient (Wildman–Crippen LogP) is 1.56. The number of benzene rings is 1. The van der Waals surface area contributed by atoms with Crippen molar-refractivity contribution in [1.29, 1.82) is 0 Å². The summed E-state index contributed by atoms with van der Waals surface area (Å²) in [6.45, 7) is 2.55. The number of amides is 1. The average molecular weight is 328 g/mol. The van der Waals surface area contributed by atoms with Crippen LogP contribution in [0.5, 0.6) is 0 Å². The Labute approximate surface area is 133 Å². The maximum atomic E-state index is 12.3. The third-order valence-electron chi connectivity index (χ3n) is 3.68. The highest BCUT2D eigenvalue weighted by Crippen LogP contribution is 2.27. The Morgan fingerprint density at radius 1 is 1.36 bits per heavy atom. The highest BCUT2D eigenvalue weighted by Gasteiger charge is 2.42. The molecule has 2 N–H and O–H groups in total. The molecular weight excluding hydrogens is 310 g/mol. The zero-order chi connectivity index (χ0) is 16.2. The van der Waals surface area contributed by atoms with E-state index >= 15 is 0 Å². The van der Waals surface area contributed by atoms with Crippen LogP contribution in [-0.2, 0) is 24.6 Å². The standard InChI is InChI=1S/C15H18ClNO5/c1-2-15(14(19)20,10-3-5-11(16)6-4-10)17-13(18)12-9-21-7-8-22-12/h3-6,12H,2,7-9H2,1H3,(H,17,18)(H,19,20)/t12-,15+/m0/s1. The first kappa shape index (κ1) is 16.7. The summed E-state index contributed by atoms with van der Waals surface area (Å²) in [7, 11) is 0. The van der Waals surface area contributed by atoms with Crippen LogP contribution in [0.1, 0.15) is 18.9 Å². The number of halogens is 1. The van der Waals surface area contributed by atoms with Crippen LogP contribution in [0.15, 0.2) is 24.3 Å². The second-order valence-corrected chi connectivity index (χ2v) is 5.43. The molecular formula is C15H18ClNO5. The van der Waals surface area contributed by atoms with Crippen LogP contribution in [-0.4, -0.2) is 42.9 Å². The van der Waals surface area contributed by atoms with E-state index in [1.807, 2.05) is 0 Å². The van der Waals surface area contributed by atoms with Crippen molar-refractivity contribution in [2.45, 2.75) is 25.0 Å². The molecule has 120 valence electrons. The first-order chi connectivity index (χ1) is 10.5. The number of aliphatic carboxylic acids is 1.